The van der Waals surface area contributed by atoms with Crippen LogP contribution >= 0.6 is 11.6 Å². The van der Waals surface area contributed by atoms with E-state index >= 15 is 8.78 Å². The fourth-order valence-electron chi connectivity index (χ4n) is 9.07. The first-order valence-corrected chi connectivity index (χ1v) is 21.5. The van der Waals surface area contributed by atoms with Gasteiger partial charge in [-0.2, -0.15) is 5.10 Å². The van der Waals surface area contributed by atoms with E-state index in [9.17, 15) is 24.3 Å². The van der Waals surface area contributed by atoms with Crippen LogP contribution in [0.2, 0.25) is 5.02 Å². The van der Waals surface area contributed by atoms with Crippen LogP contribution < -0.4 is 15.7 Å². The number of quaternary nitrogens is 1. The van der Waals surface area contributed by atoms with E-state index in [1.54, 1.807) is 35.7 Å². The number of hydrogen-bond donors (Lipinski definition) is 3. The van der Waals surface area contributed by atoms with Gasteiger partial charge in [0.25, 0.3) is 11.8 Å². The van der Waals surface area contributed by atoms with Crippen LogP contribution in [0.5, 0.6) is 0 Å². The Balaban J connectivity index is 0.00000220. The predicted octanol–water partition coefficient (Wildman–Crippen LogP) is 3.05. The van der Waals surface area contributed by atoms with Gasteiger partial charge < -0.3 is 49.2 Å². The Morgan fingerprint density at radius 1 is 1.05 bits per heavy atom. The third-order valence-corrected chi connectivity index (χ3v) is 13.1. The molecule has 0 unspecified atom stereocenters. The van der Waals surface area contributed by atoms with Gasteiger partial charge in [0.15, 0.2) is 24.0 Å². The van der Waals surface area contributed by atoms with Gasteiger partial charge in [0.1, 0.15) is 0 Å². The molecule has 17 nitrogen and oxygen atoms in total. The number of nitrogens with zero attached hydrogens (tertiary/aromatic N) is 7. The Bertz CT molecular complexity index is 2350. The molecule has 0 atom stereocenters. The number of carbonyl (C=O) groups is 5. The number of ether oxygens (including phenoxy) is 1. The molecule has 2 aromatic heterocycles. The zero-order valence-electron chi connectivity index (χ0n) is 36.3. The highest BCUT2D eigenvalue weighted by Crippen LogP contribution is 2.34. The van der Waals surface area contributed by atoms with Gasteiger partial charge >= 0.3 is 5.97 Å². The second-order valence-corrected chi connectivity index (χ2v) is 17.1. The van der Waals surface area contributed by atoms with Gasteiger partial charge in [-0.25, -0.2) is 18.6 Å². The third kappa shape index (κ3) is 10.4. The molecule has 7 rings (SSSR count). The van der Waals surface area contributed by atoms with Gasteiger partial charge in [-0.3, -0.25) is 19.1 Å². The van der Waals surface area contributed by atoms with Gasteiger partial charge in [-0.1, -0.05) is 17.7 Å². The first-order valence-electron chi connectivity index (χ1n) is 21.1. The molecule has 3 amide bonds. The highest BCUT2D eigenvalue weighted by Gasteiger charge is 2.42. The summed E-state index contributed by atoms with van der Waals surface area (Å²) < 4.78 is 39.8. The number of anilines is 1. The van der Waals surface area contributed by atoms with Crippen LogP contribution in [0.15, 0.2) is 42.7 Å². The number of benzene rings is 2. The van der Waals surface area contributed by atoms with Crippen LogP contribution in [-0.2, 0) is 32.7 Å². The molecule has 0 radical (unpaired) electrons. The Kier molecular flexibility index (Phi) is 15.5. The molecule has 0 saturated carbocycles. The summed E-state index contributed by atoms with van der Waals surface area (Å²) in [6, 6.07) is 7.46. The van der Waals surface area contributed by atoms with Gasteiger partial charge in [-0.15, -0.1) is 0 Å². The number of hydrogen-bond acceptors (Lipinski definition) is 10. The summed E-state index contributed by atoms with van der Waals surface area (Å²) in [5, 5.41) is 28.3. The number of carboxylic acids is 1. The van der Waals surface area contributed by atoms with Crippen LogP contribution in [0.3, 0.4) is 0 Å². The summed E-state index contributed by atoms with van der Waals surface area (Å²) in [5.74, 6) is -3.49. The number of rotatable bonds is 14. The average molecular weight is 910 g/mol. The average Bonchev–Trinajstić information content (AvgIpc) is 3.83. The van der Waals surface area contributed by atoms with E-state index in [-0.39, 0.29) is 63.6 Å². The van der Waals surface area contributed by atoms with Crippen molar-refractivity contribution in [2.45, 2.75) is 45.2 Å². The van der Waals surface area contributed by atoms with Gasteiger partial charge in [0.2, 0.25) is 5.91 Å². The second-order valence-electron chi connectivity index (χ2n) is 16.7. The van der Waals surface area contributed by atoms with Crippen LogP contribution in [0.1, 0.15) is 52.4 Å². The van der Waals surface area contributed by atoms with E-state index in [0.29, 0.717) is 92.4 Å². The van der Waals surface area contributed by atoms with E-state index in [2.05, 4.69) is 20.7 Å². The summed E-state index contributed by atoms with van der Waals surface area (Å²) in [5.41, 5.74) is 1.85. The zero-order valence-corrected chi connectivity index (χ0v) is 37.1. The van der Waals surface area contributed by atoms with Crippen molar-refractivity contribution in [3.63, 3.8) is 0 Å². The van der Waals surface area contributed by atoms with Crippen LogP contribution in [0.4, 0.5) is 14.5 Å². The minimum atomic E-state index is -1.09. The van der Waals surface area contributed by atoms with Crippen molar-refractivity contribution in [1.82, 2.24) is 34.4 Å². The summed E-state index contributed by atoms with van der Waals surface area (Å²) in [6.45, 7) is 7.11. The third-order valence-electron chi connectivity index (χ3n) is 12.8. The topological polar surface area (TPSA) is 204 Å². The maximum Gasteiger partial charge on any atom is 0.359 e. The maximum absolute atomic E-state index is 15.6. The summed E-state index contributed by atoms with van der Waals surface area (Å²) in [4.78, 5) is 68.3. The smallest absolute Gasteiger partial charge is 0.359 e. The first-order chi connectivity index (χ1) is 30.6. The number of methoxy groups -OCH3 is 1. The lowest BCUT2D eigenvalue weighted by atomic mass is 9.90. The molecular weight excluding hydrogens is 856 g/mol. The number of halogens is 3. The zero-order chi connectivity index (χ0) is 46.3. The summed E-state index contributed by atoms with van der Waals surface area (Å²) in [7, 11) is 4.92. The van der Waals surface area contributed by atoms with E-state index in [4.69, 9.17) is 26.2 Å². The Morgan fingerprint density at radius 2 is 1.70 bits per heavy atom. The lowest BCUT2D eigenvalue weighted by molar-refractivity contribution is -0.929. The van der Waals surface area contributed by atoms with Crippen molar-refractivity contribution in [3.8, 4) is 22.4 Å². The monoisotopic (exact) mass is 909 g/mol. The van der Waals surface area contributed by atoms with Crippen molar-refractivity contribution in [1.29, 1.82) is 0 Å². The number of imidazole rings is 1. The number of amides is 3. The van der Waals surface area contributed by atoms with Crippen LogP contribution in [-0.4, -0.2) is 148 Å². The molecule has 0 spiro atoms. The van der Waals surface area contributed by atoms with E-state index < -0.39 is 30.0 Å². The number of carboxylic acid groups (broad SMARTS) is 2. The first kappa shape index (κ1) is 47.7. The Hall–Kier alpha value is -5.76. The van der Waals surface area contributed by atoms with Crippen molar-refractivity contribution >= 4 is 47.5 Å². The van der Waals surface area contributed by atoms with E-state index in [1.165, 1.54) is 42.2 Å². The minimum absolute atomic E-state index is 0.0287. The Morgan fingerprint density at radius 3 is 2.31 bits per heavy atom. The molecule has 3 aliphatic heterocycles. The van der Waals surface area contributed by atoms with Crippen LogP contribution in [0.25, 0.3) is 22.4 Å². The van der Waals surface area contributed by atoms with E-state index in [1.807, 2.05) is 11.9 Å². The molecule has 2 aromatic carbocycles. The molecule has 3 saturated heterocycles. The number of aliphatic carboxylic acids is 1. The van der Waals surface area contributed by atoms with Crippen molar-refractivity contribution < 1.29 is 52.2 Å². The quantitative estimate of drug-likeness (QED) is 0.124. The normalized spacial score (nSPS) is 19.0. The molecule has 344 valence electrons. The van der Waals surface area contributed by atoms with Gasteiger partial charge in [0.05, 0.1) is 61.5 Å². The fraction of sp³-hybridized carbons (Fsp3) is 0.477. The number of piperidine rings is 2. The van der Waals surface area contributed by atoms with E-state index in [0.717, 1.165) is 19.6 Å². The number of aromatic nitrogens is 4. The van der Waals surface area contributed by atoms with Crippen LogP contribution in [0, 0.1) is 30.4 Å². The largest absolute Gasteiger partial charge is 0.554 e. The maximum atomic E-state index is 15.6. The second kappa shape index (κ2) is 20.8. The summed E-state index contributed by atoms with van der Waals surface area (Å²) in [6.07, 6.45) is 5.31. The molecule has 64 heavy (non-hydrogen) atoms. The summed E-state index contributed by atoms with van der Waals surface area (Å²) >= 11 is 6.61. The fourth-order valence-corrected chi connectivity index (χ4v) is 9.33. The van der Waals surface area contributed by atoms with Gasteiger partial charge in [-0.05, 0) is 44.0 Å². The number of carbonyl (C=O) groups excluding carboxylic acids is 4. The molecule has 0 bridgehead atoms. The predicted molar refractivity (Wildman–Crippen MR) is 230 cm³/mol. The lowest BCUT2D eigenvalue weighted by Gasteiger charge is -2.46. The molecule has 3 N–H and O–H groups in total. The molecular formula is C44H54ClF2N9O8. The highest BCUT2D eigenvalue weighted by atomic mass is 35.5. The van der Waals surface area contributed by atoms with Crippen molar-refractivity contribution in [2.24, 2.45) is 18.9 Å². The SMILES string of the molecule is COCCn1ncc(-c2ccc(-c3cnc(C(=O)Nc4ccc(C(=O)N5CCC(N(C)C(=O)C6CC[N+](CC(=O)O)(CC7CNC7)CC6)CC5)c(Cl)c4)n3C)c(F)c2F)c1C.O=C[O-]. The molecule has 5 heterocycles. The molecule has 0 aliphatic carbocycles. The Labute approximate surface area is 374 Å². The number of likely N-dealkylation sites (tertiary alicyclic amines) is 2. The lowest BCUT2D eigenvalue weighted by Crippen LogP contribution is -2.62. The number of nitrogens with one attached hydrogen (secondary N) is 2. The minimum Gasteiger partial charge on any atom is -0.554 e. The van der Waals surface area contributed by atoms with Crippen molar-refractivity contribution in [2.75, 3.05) is 78.4 Å². The van der Waals surface area contributed by atoms with Gasteiger partial charge in [0, 0.05) is 113 Å². The molecule has 3 fully saturated rings. The standard InChI is InChI=1S/C43H52ClF2N9O6.CH2O2/c1-26-34(22-49-54(26)15-18-61-4)31-7-8-33(39(46)38(31)45)36-23-48-40(52(36)3)41(58)50-29-5-6-32(35(44)19-29)43(60)53-13-9-30(10-14-53)51(2)42(59)28-11-16-55(17-12-28,25-37(56)57)24-27-20-47-21-27;2-1-3/h5-8,19,22-23,27-28,30,47H,9-18,20-21,24-25H2,1-4H3,(H-,50,56,57,58,60);1H,(H,2,3). The molecule has 20 heteroatoms. The molecule has 3 aliphatic rings. The molecule has 4 aromatic rings. The van der Waals surface area contributed by atoms with Crippen molar-refractivity contribution in [3.05, 3.63) is 76.5 Å². The highest BCUT2D eigenvalue weighted by molar-refractivity contribution is 6.34.